The van der Waals surface area contributed by atoms with Crippen molar-refractivity contribution in [2.45, 2.75) is 0 Å². The number of aromatic amines is 2. The summed E-state index contributed by atoms with van der Waals surface area (Å²) in [4.78, 5) is 21.9. The van der Waals surface area contributed by atoms with Gasteiger partial charge in [-0.25, -0.2) is 14.8 Å². The van der Waals surface area contributed by atoms with Gasteiger partial charge in [0, 0.05) is 44.6 Å². The molecule has 71 heavy (non-hydrogen) atoms. The number of aliphatic hydroxyl groups is 1. The number of carbonyl (C=O) groups excluding carboxylic acids is 1. The van der Waals surface area contributed by atoms with Gasteiger partial charge >= 0.3 is 0 Å². The minimum atomic E-state index is -0.424. The summed E-state index contributed by atoms with van der Waals surface area (Å²) in [6, 6.07) is 43.1. The van der Waals surface area contributed by atoms with E-state index in [2.05, 4.69) is 115 Å². The number of nitrogens with one attached hydrogen (secondary N) is 2. The maximum absolute atomic E-state index is 10.5. The van der Waals surface area contributed by atoms with Crippen LogP contribution in [0.5, 0.6) is 0 Å². The highest BCUT2D eigenvalue weighted by molar-refractivity contribution is 9.11. The van der Waals surface area contributed by atoms with Crippen molar-refractivity contribution in [1.82, 2.24) is 30.4 Å². The van der Waals surface area contributed by atoms with Crippen molar-refractivity contribution in [1.29, 1.82) is 21.0 Å². The van der Waals surface area contributed by atoms with Crippen LogP contribution < -0.4 is 11.5 Å². The molecule has 0 radical (unpaired) electrons. The molecule has 7 N–H and O–H groups in total. The van der Waals surface area contributed by atoms with E-state index in [-0.39, 0.29) is 22.7 Å². The molecule has 0 fully saturated rings. The Morgan fingerprint density at radius 1 is 0.620 bits per heavy atom. The predicted octanol–water partition coefficient (Wildman–Crippen LogP) is 13.8. The molecule has 16 nitrogen and oxygen atoms in total. The molecule has 3 heterocycles. The van der Waals surface area contributed by atoms with E-state index in [1.165, 1.54) is 13.4 Å². The van der Waals surface area contributed by atoms with Gasteiger partial charge in [-0.15, -0.1) is 0 Å². The van der Waals surface area contributed by atoms with Crippen LogP contribution in [-0.2, 0) is 4.74 Å². The molecular formula is C49H31Br5ClN13O3. The Balaban J connectivity index is 0.000000195. The lowest BCUT2D eigenvalue weighted by Gasteiger charge is -2.05. The number of nitriles is 4. The summed E-state index contributed by atoms with van der Waals surface area (Å²) in [5.41, 5.74) is 17.1. The van der Waals surface area contributed by atoms with Gasteiger partial charge in [-0.1, -0.05) is 128 Å². The van der Waals surface area contributed by atoms with Gasteiger partial charge in [0.1, 0.15) is 36.4 Å². The van der Waals surface area contributed by atoms with E-state index in [4.69, 9.17) is 55.4 Å². The van der Waals surface area contributed by atoms with Gasteiger partial charge in [0.15, 0.2) is 34.1 Å². The van der Waals surface area contributed by atoms with Crippen LogP contribution in [0, 0.1) is 51.9 Å². The number of H-pyrrole nitrogens is 2. The highest BCUT2D eigenvalue weighted by Gasteiger charge is 2.14. The number of benzene rings is 5. The second kappa shape index (κ2) is 28.1. The van der Waals surface area contributed by atoms with E-state index in [0.717, 1.165) is 44.6 Å². The lowest BCUT2D eigenvalue weighted by atomic mass is 10.1. The molecule has 0 bridgehead atoms. The first-order valence-corrected chi connectivity index (χ1v) is 23.9. The number of allylic oxidation sites excluding steroid dienone is 2. The summed E-state index contributed by atoms with van der Waals surface area (Å²) in [7, 11) is 1.44. The third-order valence-electron chi connectivity index (χ3n) is 8.94. The van der Waals surface area contributed by atoms with Crippen LogP contribution in [0.4, 0.5) is 17.3 Å². The van der Waals surface area contributed by atoms with Gasteiger partial charge < -0.3 is 21.3 Å². The number of halogens is 6. The number of anilines is 2. The Morgan fingerprint density at radius 3 is 1.45 bits per heavy atom. The Morgan fingerprint density at radius 2 is 1.03 bits per heavy atom. The molecule has 0 aliphatic rings. The van der Waals surface area contributed by atoms with Crippen LogP contribution in [0.3, 0.4) is 0 Å². The highest BCUT2D eigenvalue weighted by Crippen LogP contribution is 2.33. The van der Waals surface area contributed by atoms with Gasteiger partial charge in [-0.3, -0.25) is 15.0 Å². The number of aromatic nitrogens is 6. The molecule has 0 atom stereocenters. The number of nitrogen functional groups attached to an aromatic ring is 2. The Labute approximate surface area is 453 Å². The lowest BCUT2D eigenvalue weighted by molar-refractivity contribution is 0.108. The van der Waals surface area contributed by atoms with E-state index in [1.54, 1.807) is 84.9 Å². The van der Waals surface area contributed by atoms with Crippen LogP contribution >= 0.6 is 91.3 Å². The van der Waals surface area contributed by atoms with Crippen molar-refractivity contribution in [2.24, 2.45) is 0 Å². The molecule has 8 rings (SSSR count). The second-order valence-electron chi connectivity index (χ2n) is 13.4. The number of hydrogen-bond donors (Lipinski definition) is 5. The summed E-state index contributed by atoms with van der Waals surface area (Å²) in [5, 5.41) is 57.9. The maximum atomic E-state index is 10.5. The Hall–Kier alpha value is -7.65. The Kier molecular flexibility index (Phi) is 22.2. The first-order valence-electron chi connectivity index (χ1n) is 19.6. The molecule has 0 aliphatic carbocycles. The summed E-state index contributed by atoms with van der Waals surface area (Å²) < 4.78 is 9.78. The molecule has 5 aromatic carbocycles. The average Bonchev–Trinajstić information content (AvgIpc) is 3.99. The SMILES string of the molecule is COC(=C(C#N)C#N)c1ccc(Br)cc1.N#CC(C#N)=C(O)c1ccc(Br)cc1.Nc1ncnc2n[nH]c(-c3ccc(Br)cc3)c12.O=C(Cl)c1ccc(Br)cc1.[C-]#[N+]c1c(N)n[nH]c1-c1ccc(Br)cc1. The number of carbonyl (C=O) groups is 1. The number of hydrogen-bond acceptors (Lipinski definition) is 13. The first kappa shape index (κ1) is 55.9. The lowest BCUT2D eigenvalue weighted by Crippen LogP contribution is -1.92. The quantitative estimate of drug-likeness (QED) is 0.0449. The van der Waals surface area contributed by atoms with Crippen molar-refractivity contribution >= 4 is 136 Å². The van der Waals surface area contributed by atoms with E-state index in [1.807, 2.05) is 60.7 Å². The van der Waals surface area contributed by atoms with Crippen LogP contribution in [0.1, 0.15) is 21.5 Å². The van der Waals surface area contributed by atoms with Gasteiger partial charge in [0.05, 0.1) is 30.5 Å². The topological polar surface area (TPSA) is 281 Å². The number of fused-ring (bicyclic) bond motifs is 1. The number of aliphatic hydroxyl groups excluding tert-OH is 1. The van der Waals surface area contributed by atoms with Crippen molar-refractivity contribution in [3.8, 4) is 46.8 Å². The zero-order valence-corrected chi connectivity index (χ0v) is 45.0. The number of nitrogens with two attached hydrogens (primary N) is 2. The summed E-state index contributed by atoms with van der Waals surface area (Å²) in [6.45, 7) is 7.01. The third-order valence-corrected chi connectivity index (χ3v) is 11.8. The highest BCUT2D eigenvalue weighted by atomic mass is 79.9. The minimum Gasteiger partial charge on any atom is -0.505 e. The number of rotatable bonds is 6. The maximum Gasteiger partial charge on any atom is 0.254 e. The molecule has 352 valence electrons. The first-order chi connectivity index (χ1) is 34.1. The number of methoxy groups -OCH3 is 1. The standard InChI is InChI=1S/C11H8BrN5.C11H7BrN2O.C10H7BrN4.C10H5BrN2O.C7H4BrClO/c12-7-3-1-6(2-4-7)9-8-10(13)14-5-15-11(8)17-16-9;1-15-11(9(6-13)7-14)8-2-4-10(12)5-3-8;1-13-9-8(14-15-10(9)12)6-2-4-7(11)5-3-6;11-9-3-1-7(2-4-9)10(14)8(5-12)6-13;8-6-3-1-5(2-4-6)7(9)10/h1-5H,(H3,13,14,15,16,17);2-5H,1H3;2-5H,(H3,12,14,15);1-4,14H;1-4H. The van der Waals surface area contributed by atoms with E-state index >= 15 is 0 Å². The zero-order chi connectivity index (χ0) is 52.0. The van der Waals surface area contributed by atoms with Crippen LogP contribution in [-0.4, -0.2) is 47.8 Å². The van der Waals surface area contributed by atoms with E-state index in [0.29, 0.717) is 45.3 Å². The Bertz CT molecular complexity index is 3370. The molecule has 22 heteroatoms. The zero-order valence-electron chi connectivity index (χ0n) is 36.3. The van der Waals surface area contributed by atoms with Crippen molar-refractivity contribution in [3.63, 3.8) is 0 Å². The van der Waals surface area contributed by atoms with Crippen LogP contribution in [0.25, 0.3) is 49.9 Å². The smallest absolute Gasteiger partial charge is 0.254 e. The van der Waals surface area contributed by atoms with Crippen molar-refractivity contribution in [2.75, 3.05) is 18.6 Å². The second-order valence-corrected chi connectivity index (χ2v) is 18.3. The van der Waals surface area contributed by atoms with Gasteiger partial charge in [0.2, 0.25) is 0 Å². The number of ether oxygens (including phenoxy) is 1. The third kappa shape index (κ3) is 16.2. The molecule has 3 aromatic heterocycles. The molecule has 0 aliphatic heterocycles. The van der Waals surface area contributed by atoms with Crippen LogP contribution in [0.2, 0.25) is 0 Å². The normalized spacial score (nSPS) is 9.49. The molecular weight excluding hydrogens is 1250 g/mol. The average molecular weight is 1280 g/mol. The molecule has 0 spiro atoms. The van der Waals surface area contributed by atoms with Gasteiger partial charge in [-0.05, 0) is 90.0 Å². The predicted molar refractivity (Wildman–Crippen MR) is 290 cm³/mol. The number of nitrogens with zero attached hydrogens (tertiary/aromatic N) is 9. The van der Waals surface area contributed by atoms with Gasteiger partial charge in [0.25, 0.3) is 10.9 Å². The fourth-order valence-electron chi connectivity index (χ4n) is 5.54. The fraction of sp³-hybridized carbons (Fsp3) is 0.0204. The van der Waals surface area contributed by atoms with Crippen LogP contribution in [0.15, 0.2) is 161 Å². The molecule has 0 saturated heterocycles. The van der Waals surface area contributed by atoms with Crippen molar-refractivity contribution < 1.29 is 14.6 Å². The van der Waals surface area contributed by atoms with Gasteiger partial charge in [-0.2, -0.15) is 31.2 Å². The molecule has 0 amide bonds. The van der Waals surface area contributed by atoms with E-state index < -0.39 is 5.24 Å². The minimum absolute atomic E-state index is 0.0279. The summed E-state index contributed by atoms with van der Waals surface area (Å²) in [5.74, 6) is 0.680. The summed E-state index contributed by atoms with van der Waals surface area (Å²) >= 11 is 21.7. The monoisotopic (exact) mass is 1280 g/mol. The van der Waals surface area contributed by atoms with E-state index in [9.17, 15) is 9.90 Å². The fourth-order valence-corrected chi connectivity index (χ4v) is 6.99. The van der Waals surface area contributed by atoms with Crippen molar-refractivity contribution in [3.05, 3.63) is 189 Å². The molecule has 0 unspecified atom stereocenters. The molecule has 0 saturated carbocycles. The molecule has 8 aromatic rings. The summed E-state index contributed by atoms with van der Waals surface area (Å²) in [6.07, 6.45) is 1.41. The largest absolute Gasteiger partial charge is 0.505 e.